The van der Waals surface area contributed by atoms with Crippen LogP contribution in [0.1, 0.15) is 28.5 Å². The number of benzene rings is 1. The predicted molar refractivity (Wildman–Crippen MR) is 125 cm³/mol. The van der Waals surface area contributed by atoms with Crippen molar-refractivity contribution in [1.82, 2.24) is 25.0 Å². The number of carbonyl (C=O) groups is 2. The maximum Gasteiger partial charge on any atom is 0.419 e. The molecule has 3 amide bonds. The van der Waals surface area contributed by atoms with Gasteiger partial charge in [0, 0.05) is 45.1 Å². The van der Waals surface area contributed by atoms with Crippen molar-refractivity contribution in [3.8, 4) is 0 Å². The number of aryl methyl sites for hydroxylation is 2. The number of amides is 3. The van der Waals surface area contributed by atoms with Crippen molar-refractivity contribution in [3.63, 3.8) is 0 Å². The fraction of sp³-hybridized carbons (Fsp3) is 0.391. The van der Waals surface area contributed by atoms with E-state index in [2.05, 4.69) is 32.5 Å². The minimum absolute atomic E-state index is 0.133. The van der Waals surface area contributed by atoms with E-state index in [0.717, 1.165) is 25.7 Å². The normalized spacial score (nSPS) is 14.8. The van der Waals surface area contributed by atoms with E-state index in [4.69, 9.17) is 0 Å². The Morgan fingerprint density at radius 1 is 1.14 bits per heavy atom. The molecule has 1 aliphatic rings. The van der Waals surface area contributed by atoms with Crippen LogP contribution in [0.2, 0.25) is 0 Å². The van der Waals surface area contributed by atoms with Crippen LogP contribution in [0.3, 0.4) is 0 Å². The second-order valence-electron chi connectivity index (χ2n) is 8.45. The van der Waals surface area contributed by atoms with Gasteiger partial charge in [0.05, 0.1) is 27.9 Å². The van der Waals surface area contributed by atoms with Crippen LogP contribution >= 0.6 is 0 Å². The van der Waals surface area contributed by atoms with E-state index in [-0.39, 0.29) is 11.3 Å². The number of halogens is 4. The Bertz CT molecular complexity index is 1310. The number of pyridine rings is 1. The summed E-state index contributed by atoms with van der Waals surface area (Å²) in [5.41, 5.74) is 0.121. The minimum atomic E-state index is -4.94. The average Bonchev–Trinajstić information content (AvgIpc) is 3.12. The maximum atomic E-state index is 13.5. The fourth-order valence-corrected chi connectivity index (χ4v) is 4.33. The van der Waals surface area contributed by atoms with E-state index < -0.39 is 29.5 Å². The van der Waals surface area contributed by atoms with Crippen molar-refractivity contribution in [2.24, 2.45) is 7.05 Å². The molecule has 1 saturated heterocycles. The highest BCUT2D eigenvalue weighted by Gasteiger charge is 2.34. The van der Waals surface area contributed by atoms with Crippen molar-refractivity contribution < 1.29 is 27.2 Å². The Morgan fingerprint density at radius 3 is 2.47 bits per heavy atom. The largest absolute Gasteiger partial charge is 0.419 e. The zero-order chi connectivity index (χ0) is 26.2. The number of hydrogen-bond donors (Lipinski definition) is 2. The van der Waals surface area contributed by atoms with Crippen LogP contribution in [-0.2, 0) is 13.2 Å². The minimum Gasteiger partial charge on any atom is -0.368 e. The Balaban J connectivity index is 1.61. The molecule has 0 atom stereocenters. The number of anilines is 2. The SMILES string of the molecule is CCN1CCN(c2c(C(=O)NC(=O)Nc3ccc(F)c(C(F)(F)F)c3)cnc3c2c(C)nn3C)CC1. The molecule has 0 bridgehead atoms. The Morgan fingerprint density at radius 2 is 1.83 bits per heavy atom. The highest BCUT2D eigenvalue weighted by atomic mass is 19.4. The molecule has 2 N–H and O–H groups in total. The predicted octanol–water partition coefficient (Wildman–Crippen LogP) is 3.54. The van der Waals surface area contributed by atoms with Gasteiger partial charge < -0.3 is 15.1 Å². The van der Waals surface area contributed by atoms with Crippen molar-refractivity contribution in [2.45, 2.75) is 20.0 Å². The number of piperazine rings is 1. The van der Waals surface area contributed by atoms with E-state index in [1.807, 2.05) is 4.90 Å². The summed E-state index contributed by atoms with van der Waals surface area (Å²) in [6.45, 7) is 7.63. The van der Waals surface area contributed by atoms with Gasteiger partial charge >= 0.3 is 12.2 Å². The molecular weight excluding hydrogens is 482 g/mol. The quantitative estimate of drug-likeness (QED) is 0.525. The standard InChI is InChI=1S/C23H25F4N7O2/c1-4-33-7-9-34(10-8-33)19-15(12-28-20-18(19)13(2)31-32(20)3)21(35)30-22(36)29-14-5-6-17(24)16(11-14)23(25,26)27/h5-6,11-12H,4,7-10H2,1-3H3,(H2,29,30,35,36). The maximum absolute atomic E-state index is 13.5. The van der Waals surface area contributed by atoms with Crippen LogP contribution in [0, 0.1) is 12.7 Å². The molecule has 0 unspecified atom stereocenters. The molecule has 0 spiro atoms. The van der Waals surface area contributed by atoms with Gasteiger partial charge in [-0.25, -0.2) is 14.2 Å². The van der Waals surface area contributed by atoms with E-state index >= 15 is 0 Å². The first-order chi connectivity index (χ1) is 17.0. The zero-order valence-corrected chi connectivity index (χ0v) is 19.9. The molecule has 0 aliphatic carbocycles. The molecule has 36 heavy (non-hydrogen) atoms. The third-order valence-electron chi connectivity index (χ3n) is 6.14. The topological polar surface area (TPSA) is 95.4 Å². The lowest BCUT2D eigenvalue weighted by molar-refractivity contribution is -0.139. The molecule has 4 rings (SSSR count). The van der Waals surface area contributed by atoms with Gasteiger partial charge in [-0.3, -0.25) is 14.8 Å². The number of fused-ring (bicyclic) bond motifs is 1. The Labute approximate surface area is 204 Å². The number of aromatic nitrogens is 3. The highest BCUT2D eigenvalue weighted by Crippen LogP contribution is 2.34. The van der Waals surface area contributed by atoms with Gasteiger partial charge in [-0.05, 0) is 31.7 Å². The fourth-order valence-electron chi connectivity index (χ4n) is 4.33. The molecule has 13 heteroatoms. The first-order valence-corrected chi connectivity index (χ1v) is 11.3. The molecule has 3 heterocycles. The number of likely N-dealkylation sites (N-methyl/N-ethyl adjacent to an activating group) is 1. The van der Waals surface area contributed by atoms with Crippen LogP contribution in [-0.4, -0.2) is 64.3 Å². The van der Waals surface area contributed by atoms with Crippen molar-refractivity contribution in [1.29, 1.82) is 0 Å². The lowest BCUT2D eigenvalue weighted by atomic mass is 10.1. The van der Waals surface area contributed by atoms with Gasteiger partial charge in [0.2, 0.25) is 0 Å². The van der Waals surface area contributed by atoms with Gasteiger partial charge in [0.1, 0.15) is 5.82 Å². The molecule has 3 aromatic rings. The molecule has 1 fully saturated rings. The van der Waals surface area contributed by atoms with E-state index in [1.165, 1.54) is 6.20 Å². The second kappa shape index (κ2) is 9.72. The molecule has 9 nitrogen and oxygen atoms in total. The van der Waals surface area contributed by atoms with E-state index in [0.29, 0.717) is 47.6 Å². The Kier molecular flexibility index (Phi) is 6.85. The molecule has 0 saturated carbocycles. The number of urea groups is 1. The van der Waals surface area contributed by atoms with Crippen molar-refractivity contribution >= 4 is 34.3 Å². The number of nitrogens with one attached hydrogen (secondary N) is 2. The third kappa shape index (κ3) is 4.96. The first kappa shape index (κ1) is 25.4. The summed E-state index contributed by atoms with van der Waals surface area (Å²) in [6.07, 6.45) is -3.58. The molecular formula is C23H25F4N7O2. The third-order valence-corrected chi connectivity index (χ3v) is 6.14. The number of carbonyl (C=O) groups excluding carboxylic acids is 2. The van der Waals surface area contributed by atoms with Crippen LogP contribution in [0.15, 0.2) is 24.4 Å². The van der Waals surface area contributed by atoms with Gasteiger partial charge in [-0.15, -0.1) is 0 Å². The summed E-state index contributed by atoms with van der Waals surface area (Å²) in [5, 5.41) is 9.39. The summed E-state index contributed by atoms with van der Waals surface area (Å²) < 4.78 is 54.1. The average molecular weight is 507 g/mol. The molecule has 192 valence electrons. The summed E-state index contributed by atoms with van der Waals surface area (Å²) in [7, 11) is 1.74. The molecule has 1 aromatic carbocycles. The van der Waals surface area contributed by atoms with Gasteiger partial charge in [0.15, 0.2) is 5.65 Å². The summed E-state index contributed by atoms with van der Waals surface area (Å²) in [4.78, 5) is 34.3. The molecule has 1 aliphatic heterocycles. The highest BCUT2D eigenvalue weighted by molar-refractivity contribution is 6.13. The summed E-state index contributed by atoms with van der Waals surface area (Å²) in [6, 6.07) is 0.964. The van der Waals surface area contributed by atoms with Gasteiger partial charge in [-0.1, -0.05) is 6.92 Å². The summed E-state index contributed by atoms with van der Waals surface area (Å²) >= 11 is 0. The van der Waals surface area contributed by atoms with Crippen LogP contribution in [0.25, 0.3) is 11.0 Å². The van der Waals surface area contributed by atoms with Gasteiger partial charge in [0.25, 0.3) is 5.91 Å². The Hall–Kier alpha value is -3.74. The number of alkyl halides is 3. The number of rotatable bonds is 4. The van der Waals surface area contributed by atoms with E-state index in [9.17, 15) is 27.2 Å². The number of hydrogen-bond acceptors (Lipinski definition) is 6. The number of imide groups is 1. The first-order valence-electron chi connectivity index (χ1n) is 11.3. The lowest BCUT2D eigenvalue weighted by Gasteiger charge is -2.36. The van der Waals surface area contributed by atoms with Crippen molar-refractivity contribution in [2.75, 3.05) is 42.9 Å². The van der Waals surface area contributed by atoms with Crippen LogP contribution in [0.5, 0.6) is 0 Å². The van der Waals surface area contributed by atoms with Crippen LogP contribution in [0.4, 0.5) is 33.7 Å². The van der Waals surface area contributed by atoms with E-state index in [1.54, 1.807) is 18.7 Å². The zero-order valence-electron chi connectivity index (χ0n) is 19.9. The molecule has 2 aromatic heterocycles. The monoisotopic (exact) mass is 507 g/mol. The molecule has 0 radical (unpaired) electrons. The second-order valence-corrected chi connectivity index (χ2v) is 8.45. The number of nitrogens with zero attached hydrogens (tertiary/aromatic N) is 5. The smallest absolute Gasteiger partial charge is 0.368 e. The lowest BCUT2D eigenvalue weighted by Crippen LogP contribution is -2.47. The summed E-state index contributed by atoms with van der Waals surface area (Å²) in [5.74, 6) is -2.25. The van der Waals surface area contributed by atoms with Gasteiger partial charge in [-0.2, -0.15) is 18.3 Å². The van der Waals surface area contributed by atoms with Crippen LogP contribution < -0.4 is 15.5 Å². The van der Waals surface area contributed by atoms with Crippen molar-refractivity contribution in [3.05, 3.63) is 47.0 Å².